The molecule has 0 spiro atoms. The fourth-order valence-electron chi connectivity index (χ4n) is 5.84. The van der Waals surface area contributed by atoms with E-state index in [9.17, 15) is 9.59 Å². The van der Waals surface area contributed by atoms with E-state index in [2.05, 4.69) is 10.6 Å². The first-order valence-electron chi connectivity index (χ1n) is 9.97. The zero-order valence-corrected chi connectivity index (χ0v) is 16.9. The molecule has 0 saturated heterocycles. The van der Waals surface area contributed by atoms with Crippen molar-refractivity contribution in [1.82, 2.24) is 5.32 Å². The molecule has 1 aromatic carbocycles. The van der Waals surface area contributed by atoms with E-state index in [1.807, 2.05) is 0 Å². The third kappa shape index (κ3) is 3.97. The number of hydrogen-bond acceptors (Lipinski definition) is 2. The molecule has 4 aliphatic rings. The number of nitrogens with one attached hydrogen (secondary N) is 2. The Bertz CT molecular complexity index is 714. The second-order valence-electron chi connectivity index (χ2n) is 8.71. The molecule has 27 heavy (non-hydrogen) atoms. The van der Waals surface area contributed by atoms with Gasteiger partial charge in [0.25, 0.3) is 0 Å². The summed E-state index contributed by atoms with van der Waals surface area (Å²) in [6.45, 7) is 0.539. The molecule has 4 fully saturated rings. The van der Waals surface area contributed by atoms with E-state index in [0.717, 1.165) is 37.0 Å². The summed E-state index contributed by atoms with van der Waals surface area (Å²) in [6, 6.07) is 5.15. The average molecular weight is 409 g/mol. The van der Waals surface area contributed by atoms with E-state index in [4.69, 9.17) is 23.2 Å². The highest BCUT2D eigenvalue weighted by Gasteiger charge is 2.54. The quantitative estimate of drug-likeness (QED) is 0.647. The third-order valence-electron chi connectivity index (χ3n) is 6.61. The monoisotopic (exact) mass is 408 g/mol. The predicted octanol–water partition coefficient (Wildman–Crippen LogP) is 5.04. The Morgan fingerprint density at radius 1 is 1.04 bits per heavy atom. The number of hydrogen-bond donors (Lipinski definition) is 2. The van der Waals surface area contributed by atoms with Gasteiger partial charge >= 0.3 is 0 Å². The van der Waals surface area contributed by atoms with Gasteiger partial charge in [0.2, 0.25) is 11.8 Å². The molecule has 146 valence electrons. The summed E-state index contributed by atoms with van der Waals surface area (Å²) in [5, 5.41) is 6.66. The molecule has 2 amide bonds. The van der Waals surface area contributed by atoms with Gasteiger partial charge < -0.3 is 10.6 Å². The van der Waals surface area contributed by atoms with Gasteiger partial charge in [-0.05, 0) is 74.8 Å². The van der Waals surface area contributed by atoms with Crippen molar-refractivity contribution < 1.29 is 9.59 Å². The fraction of sp³-hybridized carbons (Fsp3) is 0.619. The Labute approximate surface area is 170 Å². The van der Waals surface area contributed by atoms with Crippen molar-refractivity contribution in [2.45, 2.75) is 51.4 Å². The highest BCUT2D eigenvalue weighted by atomic mass is 35.5. The summed E-state index contributed by atoms with van der Waals surface area (Å²) in [5.74, 6) is 2.38. The first-order chi connectivity index (χ1) is 12.9. The van der Waals surface area contributed by atoms with E-state index < -0.39 is 0 Å². The Morgan fingerprint density at radius 3 is 2.30 bits per heavy atom. The maximum absolute atomic E-state index is 12.9. The molecule has 0 unspecified atom stereocenters. The maximum atomic E-state index is 12.9. The number of halogens is 2. The minimum atomic E-state index is -0.122. The lowest BCUT2D eigenvalue weighted by molar-refractivity contribution is -0.146. The highest BCUT2D eigenvalue weighted by molar-refractivity contribution is 6.43. The minimum absolute atomic E-state index is 0.120. The molecule has 4 aliphatic carbocycles. The number of anilines is 1. The van der Waals surface area contributed by atoms with Crippen molar-refractivity contribution in [3.05, 3.63) is 28.2 Å². The molecule has 4 nitrogen and oxygen atoms in total. The van der Waals surface area contributed by atoms with Gasteiger partial charge in [0.05, 0.1) is 15.7 Å². The lowest BCUT2D eigenvalue weighted by atomic mass is 9.49. The lowest BCUT2D eigenvalue weighted by Crippen LogP contribution is -2.53. The lowest BCUT2D eigenvalue weighted by Gasteiger charge is -2.55. The summed E-state index contributed by atoms with van der Waals surface area (Å²) in [7, 11) is 0. The van der Waals surface area contributed by atoms with Gasteiger partial charge in [-0.15, -0.1) is 0 Å². The molecule has 4 saturated carbocycles. The van der Waals surface area contributed by atoms with Gasteiger partial charge in [0.1, 0.15) is 0 Å². The minimum Gasteiger partial charge on any atom is -0.356 e. The molecule has 0 radical (unpaired) electrons. The first-order valence-corrected chi connectivity index (χ1v) is 10.7. The molecule has 0 heterocycles. The van der Waals surface area contributed by atoms with Gasteiger partial charge in [-0.25, -0.2) is 0 Å². The van der Waals surface area contributed by atoms with Crippen molar-refractivity contribution in [1.29, 1.82) is 0 Å². The van der Waals surface area contributed by atoms with Crippen LogP contribution in [-0.4, -0.2) is 18.4 Å². The molecule has 0 aromatic heterocycles. The van der Waals surface area contributed by atoms with Crippen LogP contribution in [0.1, 0.15) is 51.4 Å². The number of carbonyl (C=O) groups excluding carboxylic acids is 2. The first kappa shape index (κ1) is 19.1. The van der Waals surface area contributed by atoms with Crippen molar-refractivity contribution in [2.24, 2.45) is 23.2 Å². The number of amides is 2. The van der Waals surface area contributed by atoms with Crippen LogP contribution < -0.4 is 10.6 Å². The molecule has 5 rings (SSSR count). The number of rotatable bonds is 6. The van der Waals surface area contributed by atoms with Gasteiger partial charge in [-0.1, -0.05) is 29.3 Å². The number of carbonyl (C=O) groups is 2. The molecule has 6 heteroatoms. The van der Waals surface area contributed by atoms with Crippen LogP contribution in [0, 0.1) is 23.2 Å². The van der Waals surface area contributed by atoms with Gasteiger partial charge in [0, 0.05) is 18.4 Å². The van der Waals surface area contributed by atoms with Crippen LogP contribution in [0.5, 0.6) is 0 Å². The van der Waals surface area contributed by atoms with Crippen LogP contribution in [0.2, 0.25) is 10.0 Å². The average Bonchev–Trinajstić information content (AvgIpc) is 2.61. The topological polar surface area (TPSA) is 58.2 Å². The fourth-order valence-corrected chi connectivity index (χ4v) is 6.19. The van der Waals surface area contributed by atoms with E-state index in [0.29, 0.717) is 35.1 Å². The van der Waals surface area contributed by atoms with Crippen LogP contribution in [-0.2, 0) is 9.59 Å². The zero-order valence-electron chi connectivity index (χ0n) is 15.4. The maximum Gasteiger partial charge on any atom is 0.226 e. The molecule has 0 aliphatic heterocycles. The van der Waals surface area contributed by atoms with E-state index in [1.54, 1.807) is 18.2 Å². The molecule has 4 bridgehead atoms. The number of benzene rings is 1. The van der Waals surface area contributed by atoms with Crippen molar-refractivity contribution >= 4 is 40.7 Å². The summed E-state index contributed by atoms with van der Waals surface area (Å²) in [6.07, 6.45) is 8.15. The van der Waals surface area contributed by atoms with Crippen LogP contribution in [0.15, 0.2) is 18.2 Å². The largest absolute Gasteiger partial charge is 0.356 e. The standard InChI is InChI=1S/C21H26Cl2N2O2/c22-16-3-1-4-17(19(16)23)25-18(26)5-2-6-24-20(27)21-10-13-7-14(11-21)9-15(8-13)12-21/h1,3-4,13-15H,2,5-12H2,(H,24,27)(H,25,26). The molecule has 0 atom stereocenters. The Balaban J connectivity index is 1.23. The molecule has 1 aromatic rings. The second-order valence-corrected chi connectivity index (χ2v) is 9.49. The van der Waals surface area contributed by atoms with E-state index in [1.165, 1.54) is 19.3 Å². The van der Waals surface area contributed by atoms with Crippen molar-refractivity contribution in [3.63, 3.8) is 0 Å². The summed E-state index contributed by atoms with van der Waals surface area (Å²) in [5.41, 5.74) is 0.400. The second kappa shape index (κ2) is 7.63. The van der Waals surface area contributed by atoms with Crippen LogP contribution in [0.25, 0.3) is 0 Å². The molecular formula is C21H26Cl2N2O2. The van der Waals surface area contributed by atoms with Crippen molar-refractivity contribution in [3.8, 4) is 0 Å². The van der Waals surface area contributed by atoms with Crippen LogP contribution in [0.3, 0.4) is 0 Å². The summed E-state index contributed by atoms with van der Waals surface area (Å²) < 4.78 is 0. The van der Waals surface area contributed by atoms with E-state index in [-0.39, 0.29) is 17.2 Å². The third-order valence-corrected chi connectivity index (χ3v) is 7.43. The Hall–Kier alpha value is -1.26. The van der Waals surface area contributed by atoms with Crippen molar-refractivity contribution in [2.75, 3.05) is 11.9 Å². The predicted molar refractivity (Wildman–Crippen MR) is 108 cm³/mol. The van der Waals surface area contributed by atoms with Gasteiger partial charge in [0.15, 0.2) is 0 Å². The van der Waals surface area contributed by atoms with Gasteiger partial charge in [-0.3, -0.25) is 9.59 Å². The normalized spacial score (nSPS) is 31.0. The molecule has 2 N–H and O–H groups in total. The molecular weight excluding hydrogens is 383 g/mol. The van der Waals surface area contributed by atoms with Crippen LogP contribution >= 0.6 is 23.2 Å². The summed E-state index contributed by atoms with van der Waals surface area (Å²) in [4.78, 5) is 25.0. The Kier molecular flexibility index (Phi) is 5.39. The zero-order chi connectivity index (χ0) is 19.0. The van der Waals surface area contributed by atoms with Crippen LogP contribution in [0.4, 0.5) is 5.69 Å². The highest BCUT2D eigenvalue weighted by Crippen LogP contribution is 2.60. The Morgan fingerprint density at radius 2 is 1.67 bits per heavy atom. The SMILES string of the molecule is O=C(CCCNC(=O)C12CC3CC(CC(C3)C1)C2)Nc1cccc(Cl)c1Cl. The van der Waals surface area contributed by atoms with Gasteiger partial charge in [-0.2, -0.15) is 0 Å². The summed E-state index contributed by atoms with van der Waals surface area (Å²) >= 11 is 12.0. The smallest absolute Gasteiger partial charge is 0.226 e. The van der Waals surface area contributed by atoms with E-state index >= 15 is 0 Å².